The number of carboxylic acids is 1. The van der Waals surface area contributed by atoms with Crippen molar-refractivity contribution in [2.75, 3.05) is 19.6 Å². The summed E-state index contributed by atoms with van der Waals surface area (Å²) < 4.78 is 0. The quantitative estimate of drug-likeness (QED) is 0.832. The Hall–Kier alpha value is -1.88. The van der Waals surface area contributed by atoms with E-state index in [9.17, 15) is 14.7 Å². The maximum Gasteiger partial charge on any atom is 0.311 e. The highest BCUT2D eigenvalue weighted by Gasteiger charge is 2.54. The summed E-state index contributed by atoms with van der Waals surface area (Å²) in [6, 6.07) is 7.68. The predicted molar refractivity (Wildman–Crippen MR) is 96.3 cm³/mol. The van der Waals surface area contributed by atoms with Gasteiger partial charge in [-0.1, -0.05) is 32.4 Å². The Kier molecular flexibility index (Phi) is 5.13. The monoisotopic (exact) mass is 344 g/mol. The van der Waals surface area contributed by atoms with Gasteiger partial charge in [0.25, 0.3) is 5.91 Å². The van der Waals surface area contributed by atoms with Gasteiger partial charge in [0.05, 0.1) is 5.41 Å². The second kappa shape index (κ2) is 7.16. The van der Waals surface area contributed by atoms with Gasteiger partial charge in [0, 0.05) is 31.7 Å². The number of carboxylic acid groups (broad SMARTS) is 1. The van der Waals surface area contributed by atoms with Gasteiger partial charge in [0.1, 0.15) is 0 Å². The number of rotatable bonds is 6. The van der Waals surface area contributed by atoms with Crippen LogP contribution in [0.15, 0.2) is 24.3 Å². The molecule has 1 saturated heterocycles. The van der Waals surface area contributed by atoms with E-state index < -0.39 is 11.4 Å². The van der Waals surface area contributed by atoms with Crippen molar-refractivity contribution < 1.29 is 14.7 Å². The summed E-state index contributed by atoms with van der Waals surface area (Å²) in [6.07, 6.45) is 2.83. The summed E-state index contributed by atoms with van der Waals surface area (Å²) in [5.41, 5.74) is 1.19. The van der Waals surface area contributed by atoms with Gasteiger partial charge >= 0.3 is 5.97 Å². The van der Waals surface area contributed by atoms with Crippen LogP contribution in [0.1, 0.15) is 49.0 Å². The normalized spacial score (nSPS) is 26.0. The zero-order valence-corrected chi connectivity index (χ0v) is 15.1. The third-order valence-corrected chi connectivity index (χ3v) is 5.63. The van der Waals surface area contributed by atoms with Crippen molar-refractivity contribution in [2.24, 2.45) is 17.3 Å². The molecule has 5 heteroatoms. The molecule has 0 radical (unpaired) electrons. The molecule has 1 aliphatic carbocycles. The zero-order valence-electron chi connectivity index (χ0n) is 15.1. The number of nitrogens with zero attached hydrogens (tertiary/aromatic N) is 1. The van der Waals surface area contributed by atoms with E-state index in [2.05, 4.69) is 24.1 Å². The lowest BCUT2D eigenvalue weighted by Gasteiger charge is -2.23. The minimum absolute atomic E-state index is 0.0455. The second-order valence-corrected chi connectivity index (χ2v) is 8.02. The molecule has 3 rings (SSSR count). The number of benzene rings is 1. The maximum atomic E-state index is 12.2. The molecule has 0 spiro atoms. The maximum absolute atomic E-state index is 12.2. The Morgan fingerprint density at radius 2 is 2.20 bits per heavy atom. The molecule has 2 atom stereocenters. The molecule has 136 valence electrons. The van der Waals surface area contributed by atoms with Gasteiger partial charge in [-0.3, -0.25) is 14.5 Å². The summed E-state index contributed by atoms with van der Waals surface area (Å²) in [6.45, 7) is 6.97. The fourth-order valence-electron chi connectivity index (χ4n) is 4.33. The lowest BCUT2D eigenvalue weighted by molar-refractivity contribution is -0.149. The Bertz CT molecular complexity index is 658. The molecule has 1 aliphatic heterocycles. The fraction of sp³-hybridized carbons (Fsp3) is 0.600. The molecule has 0 bridgehead atoms. The van der Waals surface area contributed by atoms with Crippen LogP contribution in [0, 0.1) is 17.3 Å². The van der Waals surface area contributed by atoms with Gasteiger partial charge in [-0.15, -0.1) is 0 Å². The van der Waals surface area contributed by atoms with E-state index in [0.29, 0.717) is 31.1 Å². The highest BCUT2D eigenvalue weighted by molar-refractivity contribution is 5.94. The topological polar surface area (TPSA) is 69.6 Å². The molecule has 25 heavy (non-hydrogen) atoms. The van der Waals surface area contributed by atoms with Gasteiger partial charge < -0.3 is 10.4 Å². The lowest BCUT2D eigenvalue weighted by atomic mass is 9.81. The van der Waals surface area contributed by atoms with Crippen LogP contribution < -0.4 is 5.32 Å². The summed E-state index contributed by atoms with van der Waals surface area (Å²) >= 11 is 0. The Balaban J connectivity index is 1.65. The van der Waals surface area contributed by atoms with Crippen molar-refractivity contribution in [3.63, 3.8) is 0 Å². The number of aliphatic carboxylic acids is 1. The zero-order chi connectivity index (χ0) is 18.0. The van der Waals surface area contributed by atoms with Gasteiger partial charge in [-0.25, -0.2) is 0 Å². The van der Waals surface area contributed by atoms with E-state index in [1.807, 2.05) is 24.3 Å². The fourth-order valence-corrected chi connectivity index (χ4v) is 4.33. The molecule has 1 heterocycles. The number of nitrogens with one attached hydrogen (secondary N) is 1. The van der Waals surface area contributed by atoms with Crippen molar-refractivity contribution in [2.45, 2.75) is 39.7 Å². The van der Waals surface area contributed by atoms with Crippen LogP contribution >= 0.6 is 0 Å². The van der Waals surface area contributed by atoms with Crippen molar-refractivity contribution in [1.29, 1.82) is 0 Å². The third kappa shape index (κ3) is 3.71. The lowest BCUT2D eigenvalue weighted by Crippen LogP contribution is -2.35. The number of hydrogen-bond acceptors (Lipinski definition) is 3. The van der Waals surface area contributed by atoms with Gasteiger partial charge in [-0.05, 0) is 42.4 Å². The summed E-state index contributed by atoms with van der Waals surface area (Å²) in [5.74, 6) is 0.000959. The van der Waals surface area contributed by atoms with Gasteiger partial charge in [0.15, 0.2) is 0 Å². The molecule has 2 aliphatic rings. The first-order valence-corrected chi connectivity index (χ1v) is 9.23. The molecule has 1 aromatic rings. The first-order valence-electron chi connectivity index (χ1n) is 9.23. The summed E-state index contributed by atoms with van der Waals surface area (Å²) in [7, 11) is 0. The van der Waals surface area contributed by atoms with Crippen LogP contribution in [-0.4, -0.2) is 41.5 Å². The van der Waals surface area contributed by atoms with Crippen LogP contribution in [-0.2, 0) is 11.3 Å². The van der Waals surface area contributed by atoms with Crippen molar-refractivity contribution >= 4 is 11.9 Å². The molecule has 1 amide bonds. The number of likely N-dealkylation sites (tertiary alicyclic amines) is 1. The molecule has 2 fully saturated rings. The SMILES string of the molecule is CC(C)CNC(=O)c1cccc(CN2C[C@@H]3CCC[C@@]3(C(=O)O)C2)c1. The highest BCUT2D eigenvalue weighted by atomic mass is 16.4. The highest BCUT2D eigenvalue weighted by Crippen LogP contribution is 2.49. The third-order valence-electron chi connectivity index (χ3n) is 5.63. The largest absolute Gasteiger partial charge is 0.481 e. The first-order chi connectivity index (χ1) is 11.9. The standard InChI is InChI=1S/C20H28N2O3/c1-14(2)10-21-18(23)16-6-3-5-15(9-16)11-22-12-17-7-4-8-20(17,13-22)19(24)25/h3,5-6,9,14,17H,4,7-8,10-13H2,1-2H3,(H,21,23)(H,24,25)/t17-,20+/m0/s1. The Labute approximate surface area is 149 Å². The minimum atomic E-state index is -0.640. The van der Waals surface area contributed by atoms with Crippen LogP contribution in [0.2, 0.25) is 0 Å². The van der Waals surface area contributed by atoms with Crippen molar-refractivity contribution in [3.8, 4) is 0 Å². The summed E-state index contributed by atoms with van der Waals surface area (Å²) in [4.78, 5) is 26.3. The molecule has 2 N–H and O–H groups in total. The van der Waals surface area contributed by atoms with Crippen molar-refractivity contribution in [1.82, 2.24) is 10.2 Å². The summed E-state index contributed by atoms with van der Waals surface area (Å²) in [5, 5.41) is 12.6. The molecule has 1 aromatic carbocycles. The van der Waals surface area contributed by atoms with Gasteiger partial charge in [-0.2, -0.15) is 0 Å². The second-order valence-electron chi connectivity index (χ2n) is 8.02. The Morgan fingerprint density at radius 1 is 1.40 bits per heavy atom. The molecule has 0 aromatic heterocycles. The smallest absolute Gasteiger partial charge is 0.311 e. The molecule has 0 unspecified atom stereocenters. The Morgan fingerprint density at radius 3 is 2.88 bits per heavy atom. The van der Waals surface area contributed by atoms with E-state index in [-0.39, 0.29) is 11.8 Å². The van der Waals surface area contributed by atoms with E-state index >= 15 is 0 Å². The average Bonchev–Trinajstić information content (AvgIpc) is 3.10. The van der Waals surface area contributed by atoms with Crippen molar-refractivity contribution in [3.05, 3.63) is 35.4 Å². The molecule has 1 saturated carbocycles. The predicted octanol–water partition coefficient (Wildman–Crippen LogP) is 2.76. The number of carbonyl (C=O) groups excluding carboxylic acids is 1. The molecular formula is C20H28N2O3. The minimum Gasteiger partial charge on any atom is -0.481 e. The van der Waals surface area contributed by atoms with Crippen LogP contribution in [0.25, 0.3) is 0 Å². The van der Waals surface area contributed by atoms with Crippen LogP contribution in [0.3, 0.4) is 0 Å². The molecule has 5 nitrogen and oxygen atoms in total. The number of amides is 1. The first kappa shape index (κ1) is 17.9. The number of hydrogen-bond donors (Lipinski definition) is 2. The van der Waals surface area contributed by atoms with E-state index in [1.54, 1.807) is 0 Å². The van der Waals surface area contributed by atoms with Gasteiger partial charge in [0.2, 0.25) is 0 Å². The van der Waals surface area contributed by atoms with Crippen LogP contribution in [0.5, 0.6) is 0 Å². The molecular weight excluding hydrogens is 316 g/mol. The van der Waals surface area contributed by atoms with E-state index in [1.165, 1.54) is 0 Å². The number of carbonyl (C=O) groups is 2. The average molecular weight is 344 g/mol. The van der Waals surface area contributed by atoms with E-state index in [0.717, 1.165) is 31.4 Å². The number of fused-ring (bicyclic) bond motifs is 1. The van der Waals surface area contributed by atoms with E-state index in [4.69, 9.17) is 0 Å². The van der Waals surface area contributed by atoms with Crippen LogP contribution in [0.4, 0.5) is 0 Å².